The van der Waals surface area contributed by atoms with Crippen LogP contribution in [0.3, 0.4) is 0 Å². The van der Waals surface area contributed by atoms with E-state index in [0.29, 0.717) is 15.6 Å². The summed E-state index contributed by atoms with van der Waals surface area (Å²) in [5.41, 5.74) is 0.632. The first-order chi connectivity index (χ1) is 11.3. The second-order valence-corrected chi connectivity index (χ2v) is 6.32. The largest absolute Gasteiger partial charge is 0.394 e. The zero-order valence-corrected chi connectivity index (χ0v) is 14.4. The highest BCUT2D eigenvalue weighted by Crippen LogP contribution is 2.26. The first-order valence-corrected chi connectivity index (χ1v) is 8.04. The molecule has 5 atom stereocenters. The van der Waals surface area contributed by atoms with E-state index in [2.05, 4.69) is 5.32 Å². The molecule has 4 N–H and O–H groups in total. The number of aliphatic hydroxyl groups is 3. The molecule has 1 amide bonds. The van der Waals surface area contributed by atoms with E-state index in [1.54, 1.807) is 18.2 Å². The van der Waals surface area contributed by atoms with Gasteiger partial charge in [-0.1, -0.05) is 29.3 Å². The Hall–Kier alpha value is -0.930. The van der Waals surface area contributed by atoms with Crippen molar-refractivity contribution in [2.75, 3.05) is 6.61 Å². The van der Waals surface area contributed by atoms with Crippen LogP contribution in [0.1, 0.15) is 12.5 Å². The van der Waals surface area contributed by atoms with Gasteiger partial charge in [-0.05, 0) is 17.7 Å². The molecule has 9 heteroatoms. The molecule has 1 aromatic carbocycles. The second kappa shape index (κ2) is 8.44. The number of halogens is 2. The molecule has 7 nitrogen and oxygen atoms in total. The number of hydrogen-bond donors (Lipinski definition) is 4. The Labute approximate surface area is 149 Å². The Bertz CT molecular complexity index is 587. The summed E-state index contributed by atoms with van der Waals surface area (Å²) >= 11 is 11.9. The molecule has 1 aliphatic rings. The van der Waals surface area contributed by atoms with Crippen molar-refractivity contribution in [3.8, 4) is 0 Å². The predicted octanol–water partition coefficient (Wildman–Crippen LogP) is 0.454. The number of nitrogens with one attached hydrogen (secondary N) is 1. The highest BCUT2D eigenvalue weighted by Gasteiger charge is 2.45. The fourth-order valence-corrected chi connectivity index (χ4v) is 2.89. The minimum absolute atomic E-state index is 0.0255. The van der Waals surface area contributed by atoms with E-state index in [9.17, 15) is 20.1 Å². The van der Waals surface area contributed by atoms with Crippen molar-refractivity contribution in [2.24, 2.45) is 0 Å². The zero-order valence-electron chi connectivity index (χ0n) is 12.9. The van der Waals surface area contributed by atoms with E-state index < -0.39 is 43.2 Å². The number of carbonyl (C=O) groups excluding carboxylic acids is 1. The fourth-order valence-electron chi connectivity index (χ4n) is 2.42. The van der Waals surface area contributed by atoms with Crippen LogP contribution in [0.25, 0.3) is 0 Å². The zero-order chi connectivity index (χ0) is 17.9. The predicted molar refractivity (Wildman–Crippen MR) is 86.6 cm³/mol. The highest BCUT2D eigenvalue weighted by atomic mass is 35.5. The van der Waals surface area contributed by atoms with Crippen molar-refractivity contribution in [1.29, 1.82) is 0 Å². The fraction of sp³-hybridized carbons (Fsp3) is 0.533. The molecule has 1 aliphatic heterocycles. The molecule has 1 saturated heterocycles. The lowest BCUT2D eigenvalue weighted by Crippen LogP contribution is -2.64. The summed E-state index contributed by atoms with van der Waals surface area (Å²) in [6, 6.07) is 3.89. The average Bonchev–Trinajstić information content (AvgIpc) is 2.52. The third kappa shape index (κ3) is 4.58. The molecule has 134 valence electrons. The van der Waals surface area contributed by atoms with Crippen molar-refractivity contribution in [3.05, 3.63) is 33.8 Å². The molecule has 2 rings (SSSR count). The Balaban J connectivity index is 2.12. The van der Waals surface area contributed by atoms with E-state index in [1.807, 2.05) is 0 Å². The van der Waals surface area contributed by atoms with Gasteiger partial charge in [0.15, 0.2) is 6.29 Å². The van der Waals surface area contributed by atoms with Gasteiger partial charge in [0.25, 0.3) is 0 Å². The summed E-state index contributed by atoms with van der Waals surface area (Å²) < 4.78 is 11.1. The van der Waals surface area contributed by atoms with Crippen molar-refractivity contribution in [1.82, 2.24) is 5.32 Å². The molecule has 1 heterocycles. The monoisotopic (exact) mass is 379 g/mol. The first kappa shape index (κ1) is 19.4. The lowest BCUT2D eigenvalue weighted by atomic mass is 9.97. The van der Waals surface area contributed by atoms with Crippen LogP contribution >= 0.6 is 23.2 Å². The number of benzene rings is 1. The quantitative estimate of drug-likeness (QED) is 0.591. The van der Waals surface area contributed by atoms with Crippen molar-refractivity contribution in [2.45, 2.75) is 44.2 Å². The number of hydrogen-bond acceptors (Lipinski definition) is 6. The van der Waals surface area contributed by atoms with E-state index in [0.717, 1.165) is 0 Å². The number of amides is 1. The Morgan fingerprint density at radius 3 is 2.62 bits per heavy atom. The van der Waals surface area contributed by atoms with E-state index in [1.165, 1.54) is 6.92 Å². The number of aliphatic hydroxyl groups excluding tert-OH is 3. The second-order valence-electron chi connectivity index (χ2n) is 5.48. The molecule has 0 aliphatic carbocycles. The van der Waals surface area contributed by atoms with Crippen LogP contribution in [0, 0.1) is 0 Å². The summed E-state index contributed by atoms with van der Waals surface area (Å²) in [4.78, 5) is 11.3. The van der Waals surface area contributed by atoms with E-state index >= 15 is 0 Å². The topological polar surface area (TPSA) is 108 Å². The third-order valence-electron chi connectivity index (χ3n) is 3.67. The molecule has 0 spiro atoms. The van der Waals surface area contributed by atoms with Crippen LogP contribution in [0.5, 0.6) is 0 Å². The molecular formula is C15H19Cl2NO6. The van der Waals surface area contributed by atoms with Gasteiger partial charge >= 0.3 is 0 Å². The maximum Gasteiger partial charge on any atom is 0.217 e. The van der Waals surface area contributed by atoms with Gasteiger partial charge in [0, 0.05) is 17.0 Å². The Morgan fingerprint density at radius 1 is 1.33 bits per heavy atom. The number of rotatable bonds is 5. The van der Waals surface area contributed by atoms with Gasteiger partial charge in [0.05, 0.1) is 13.2 Å². The minimum atomic E-state index is -1.36. The Kier molecular flexibility index (Phi) is 6.82. The van der Waals surface area contributed by atoms with E-state index in [-0.39, 0.29) is 6.61 Å². The lowest BCUT2D eigenvalue weighted by molar-refractivity contribution is -0.273. The molecule has 0 aromatic heterocycles. The summed E-state index contributed by atoms with van der Waals surface area (Å²) in [6.45, 7) is 0.786. The smallest absolute Gasteiger partial charge is 0.217 e. The van der Waals surface area contributed by atoms with Crippen LogP contribution in [0.15, 0.2) is 18.2 Å². The van der Waals surface area contributed by atoms with Gasteiger partial charge in [-0.15, -0.1) is 0 Å². The molecule has 0 bridgehead atoms. The molecule has 0 saturated carbocycles. The van der Waals surface area contributed by atoms with Crippen LogP contribution in [-0.2, 0) is 20.9 Å². The van der Waals surface area contributed by atoms with Crippen LogP contribution in [-0.4, -0.2) is 58.5 Å². The molecule has 24 heavy (non-hydrogen) atoms. The van der Waals surface area contributed by atoms with E-state index in [4.69, 9.17) is 32.7 Å². The maximum atomic E-state index is 11.3. The number of carbonyl (C=O) groups is 1. The summed E-state index contributed by atoms with van der Waals surface area (Å²) in [5.74, 6) is -0.421. The van der Waals surface area contributed by atoms with Gasteiger partial charge in [0.2, 0.25) is 5.91 Å². The van der Waals surface area contributed by atoms with Crippen molar-refractivity contribution in [3.63, 3.8) is 0 Å². The van der Waals surface area contributed by atoms with Gasteiger partial charge in [-0.2, -0.15) is 0 Å². The summed E-state index contributed by atoms with van der Waals surface area (Å²) in [6.07, 6.45) is -4.82. The van der Waals surface area contributed by atoms with Gasteiger partial charge < -0.3 is 30.1 Å². The lowest BCUT2D eigenvalue weighted by Gasteiger charge is -2.42. The van der Waals surface area contributed by atoms with Gasteiger partial charge in [0.1, 0.15) is 24.4 Å². The summed E-state index contributed by atoms with van der Waals surface area (Å²) in [5, 5.41) is 32.7. The van der Waals surface area contributed by atoms with Crippen molar-refractivity contribution >= 4 is 29.1 Å². The SMILES string of the molecule is CC(=O)N[C@@H]1[C@H](OCc2ccc(Cl)cc2Cl)O[C@H](CO)[C@H](O)[C@H]1O. The van der Waals surface area contributed by atoms with Gasteiger partial charge in [-0.3, -0.25) is 4.79 Å². The van der Waals surface area contributed by atoms with Crippen molar-refractivity contribution < 1.29 is 29.6 Å². The molecule has 0 radical (unpaired) electrons. The van der Waals surface area contributed by atoms with Crippen LogP contribution in [0.2, 0.25) is 10.0 Å². The molecule has 1 fully saturated rings. The molecular weight excluding hydrogens is 361 g/mol. The standard InChI is InChI=1S/C15H19Cl2NO6/c1-7(20)18-12-14(22)13(21)11(5-19)24-15(12)23-6-8-2-3-9(16)4-10(8)17/h2-4,11-15,19,21-22H,5-6H2,1H3,(H,18,20)/t11-,12+,13+,14+,15-/m1/s1. The van der Waals surface area contributed by atoms with Crippen LogP contribution < -0.4 is 5.32 Å². The highest BCUT2D eigenvalue weighted by molar-refractivity contribution is 6.35. The normalized spacial score (nSPS) is 30.2. The molecule has 1 aromatic rings. The first-order valence-electron chi connectivity index (χ1n) is 7.28. The minimum Gasteiger partial charge on any atom is -0.394 e. The number of ether oxygens (including phenoxy) is 2. The van der Waals surface area contributed by atoms with Crippen LogP contribution in [0.4, 0.5) is 0 Å². The Morgan fingerprint density at radius 2 is 2.04 bits per heavy atom. The molecule has 0 unspecified atom stereocenters. The third-order valence-corrected chi connectivity index (χ3v) is 4.26. The average molecular weight is 380 g/mol. The van der Waals surface area contributed by atoms with Gasteiger partial charge in [-0.25, -0.2) is 0 Å². The summed E-state index contributed by atoms with van der Waals surface area (Å²) in [7, 11) is 0. The maximum absolute atomic E-state index is 11.3.